The molecule has 2 saturated heterocycles. The predicted octanol–water partition coefficient (Wildman–Crippen LogP) is -1.90. The van der Waals surface area contributed by atoms with Crippen LogP contribution in [0.3, 0.4) is 0 Å². The minimum Gasteiger partial charge on any atom is -0.387 e. The standard InChI is InChI=1S/C30H48N10O24P4S4/c31-23-17-25(35-13-33-23)39(27-21(43)19(41)15(61-27)11-59-67(51,52)63-65(45,46)47)29(37-17)69-5-9-71(55,56)7-3-1-2-4-8-72(57,58)10-6-70-30-38-18-24(32)34-14-36-26(18)40(30)28-22(44)20(42)16(62-28)12-60-68(53,54)64-66(48,49)50/h13-16,19-22,27-28,41-44H,1-12H2,(H,51,52)(H,53,54)(H2,31,33,35)(H2,32,34,36)(H2,45,46,47)(H2,48,49,50)/t15-,16-,19-,20-,21-,22-,27-,28-/m1/s1. The number of aromatic nitrogens is 8. The van der Waals surface area contributed by atoms with Crippen molar-refractivity contribution in [1.82, 2.24) is 39.0 Å². The van der Waals surface area contributed by atoms with Crippen LogP contribution >= 0.6 is 54.8 Å². The van der Waals surface area contributed by atoms with Crippen molar-refractivity contribution in [1.29, 1.82) is 0 Å². The van der Waals surface area contributed by atoms with Crippen molar-refractivity contribution in [3.05, 3.63) is 12.7 Å². The lowest BCUT2D eigenvalue weighted by Crippen LogP contribution is -2.33. The fourth-order valence-electron chi connectivity index (χ4n) is 7.01. The molecule has 6 rings (SSSR count). The van der Waals surface area contributed by atoms with E-state index >= 15 is 0 Å². The predicted molar refractivity (Wildman–Crippen MR) is 246 cm³/mol. The van der Waals surface area contributed by atoms with Crippen molar-refractivity contribution >= 4 is 108 Å². The summed E-state index contributed by atoms with van der Waals surface area (Å²) >= 11 is 1.78. The monoisotopic (exact) mass is 1180 g/mol. The van der Waals surface area contributed by atoms with Crippen LogP contribution in [0.5, 0.6) is 0 Å². The Kier molecular flexibility index (Phi) is 19.2. The molecule has 0 saturated carbocycles. The van der Waals surface area contributed by atoms with E-state index < -0.39 is 113 Å². The van der Waals surface area contributed by atoms with Gasteiger partial charge in [-0.1, -0.05) is 36.4 Å². The van der Waals surface area contributed by atoms with Crippen LogP contribution < -0.4 is 11.5 Å². The van der Waals surface area contributed by atoms with Gasteiger partial charge in [0.2, 0.25) is 0 Å². The molecule has 2 aliphatic heterocycles. The number of nitrogen functional groups attached to an aromatic ring is 2. The van der Waals surface area contributed by atoms with Crippen LogP contribution in [0.1, 0.15) is 38.1 Å². The summed E-state index contributed by atoms with van der Waals surface area (Å²) in [5, 5.41) is 43.2. The number of unbranched alkanes of at least 4 members (excludes halogenated alkanes) is 3. The lowest BCUT2D eigenvalue weighted by molar-refractivity contribution is -0.0540. The van der Waals surface area contributed by atoms with Crippen LogP contribution in [-0.2, 0) is 65.1 Å². The molecule has 4 aromatic heterocycles. The molecule has 4 aromatic rings. The number of imidazole rings is 2. The average Bonchev–Trinajstić information content (AvgIpc) is 3.97. The number of aliphatic hydroxyl groups is 4. The molecule has 2 unspecified atom stereocenters. The van der Waals surface area contributed by atoms with Crippen LogP contribution in [0.4, 0.5) is 11.6 Å². The van der Waals surface area contributed by atoms with Crippen molar-refractivity contribution in [3.8, 4) is 0 Å². The van der Waals surface area contributed by atoms with Gasteiger partial charge in [0.05, 0.1) is 36.2 Å². The maximum atomic E-state index is 13.0. The van der Waals surface area contributed by atoms with Crippen molar-refractivity contribution in [2.45, 2.75) is 85.1 Å². The molecule has 10 atom stereocenters. The van der Waals surface area contributed by atoms with Gasteiger partial charge < -0.3 is 70.7 Å². The molecule has 0 radical (unpaired) electrons. The number of nitrogens with zero attached hydrogens (tertiary/aromatic N) is 8. The second-order valence-electron chi connectivity index (χ2n) is 15.6. The summed E-state index contributed by atoms with van der Waals surface area (Å²) in [4.78, 5) is 79.3. The van der Waals surface area contributed by atoms with Crippen LogP contribution in [-0.4, -0.2) is 190 Å². The number of hydrogen-bond donors (Lipinski definition) is 12. The number of aliphatic hydroxyl groups excluding tert-OH is 4. The Morgan fingerprint density at radius 1 is 0.569 bits per heavy atom. The van der Waals surface area contributed by atoms with Gasteiger partial charge >= 0.3 is 31.3 Å². The Bertz CT molecular complexity index is 2800. The minimum absolute atomic E-state index is 0.00931. The molecule has 34 nitrogen and oxygen atoms in total. The first-order valence-corrected chi connectivity index (χ1v) is 32.2. The normalized spacial score (nSPS) is 25.1. The second kappa shape index (κ2) is 23.4. The van der Waals surface area contributed by atoms with E-state index in [0.29, 0.717) is 12.8 Å². The van der Waals surface area contributed by atoms with Gasteiger partial charge in [-0.15, -0.1) is 0 Å². The summed E-state index contributed by atoms with van der Waals surface area (Å²) in [7, 11) is -29.0. The largest absolute Gasteiger partial charge is 0.481 e. The summed E-state index contributed by atoms with van der Waals surface area (Å²) in [6.45, 7) is -1.98. The van der Waals surface area contributed by atoms with E-state index in [0.717, 1.165) is 36.2 Å². The topological polar surface area (TPSA) is 533 Å². The number of rotatable bonds is 27. The minimum atomic E-state index is -5.47. The van der Waals surface area contributed by atoms with E-state index in [4.69, 9.17) is 40.5 Å². The maximum Gasteiger partial charge on any atom is 0.481 e. The summed E-state index contributed by atoms with van der Waals surface area (Å²) in [6.07, 6.45) is -10.1. The fourth-order valence-corrected chi connectivity index (χ4v) is 15.9. The molecule has 406 valence electrons. The molecule has 0 aliphatic carbocycles. The molecular weight excluding hydrogens is 1140 g/mol. The SMILES string of the molecule is Nc1ncnc2c1nc(SCCS(=O)(=O)CCCCCCS(=O)(=O)CCSc1nc3c(N)ncnc3n1[C@@H]1O[C@H](COP(=O)(O)OP(=O)(O)O)[C@@H](O)[C@H]1O)n2[C@@H]1O[C@H](COP(=O)(O)OP(=O)(O)O)[C@@H](O)[C@H]1O. The number of anilines is 2. The highest BCUT2D eigenvalue weighted by atomic mass is 32.2. The first-order valence-electron chi connectivity index (χ1n) is 20.5. The van der Waals surface area contributed by atoms with Gasteiger partial charge in [0.15, 0.2) is 76.4 Å². The number of fused-ring (bicyclic) bond motifs is 2. The molecule has 0 aromatic carbocycles. The van der Waals surface area contributed by atoms with Gasteiger partial charge in [-0.05, 0) is 12.8 Å². The number of ether oxygens (including phenoxy) is 2. The Morgan fingerprint density at radius 2 is 0.931 bits per heavy atom. The Labute approximate surface area is 414 Å². The van der Waals surface area contributed by atoms with Crippen molar-refractivity contribution < 1.29 is 112 Å². The van der Waals surface area contributed by atoms with E-state index in [2.05, 4.69) is 47.6 Å². The zero-order valence-electron chi connectivity index (χ0n) is 36.6. The van der Waals surface area contributed by atoms with Gasteiger partial charge in [-0.2, -0.15) is 8.62 Å². The van der Waals surface area contributed by atoms with Gasteiger partial charge in [0, 0.05) is 11.5 Å². The fraction of sp³-hybridized carbons (Fsp3) is 0.667. The van der Waals surface area contributed by atoms with E-state index in [1.54, 1.807) is 0 Å². The average molecular weight is 1180 g/mol. The lowest BCUT2D eigenvalue weighted by Gasteiger charge is -2.19. The molecule has 0 bridgehead atoms. The van der Waals surface area contributed by atoms with E-state index in [-0.39, 0.29) is 91.6 Å². The Morgan fingerprint density at radius 3 is 1.28 bits per heavy atom. The van der Waals surface area contributed by atoms with Crippen LogP contribution in [0, 0.1) is 0 Å². The summed E-state index contributed by atoms with van der Waals surface area (Å²) in [6, 6.07) is 0. The molecule has 0 amide bonds. The number of thioether (sulfide) groups is 2. The quantitative estimate of drug-likeness (QED) is 0.0176. The molecule has 14 N–H and O–H groups in total. The van der Waals surface area contributed by atoms with Crippen LogP contribution in [0.2, 0.25) is 0 Å². The van der Waals surface area contributed by atoms with E-state index in [9.17, 15) is 65.3 Å². The van der Waals surface area contributed by atoms with Gasteiger partial charge in [0.25, 0.3) is 0 Å². The number of phosphoric ester groups is 2. The number of sulfone groups is 2. The highest BCUT2D eigenvalue weighted by Gasteiger charge is 2.48. The number of hydrogen-bond acceptors (Lipinski definition) is 28. The third kappa shape index (κ3) is 15.6. The Balaban J connectivity index is 0.969. The third-order valence-corrected chi connectivity index (χ3v) is 20.5. The van der Waals surface area contributed by atoms with Crippen LogP contribution in [0.15, 0.2) is 23.0 Å². The van der Waals surface area contributed by atoms with Crippen LogP contribution in [0.25, 0.3) is 22.3 Å². The molecule has 0 spiro atoms. The molecular formula is C30H48N10O24P4S4. The van der Waals surface area contributed by atoms with Gasteiger partial charge in [0.1, 0.15) is 49.3 Å². The molecule has 72 heavy (non-hydrogen) atoms. The van der Waals surface area contributed by atoms with E-state index in [1.165, 1.54) is 9.13 Å². The molecule has 6 heterocycles. The summed E-state index contributed by atoms with van der Waals surface area (Å²) in [5.41, 5.74) is 12.0. The zero-order valence-corrected chi connectivity index (χ0v) is 43.4. The summed E-state index contributed by atoms with van der Waals surface area (Å²) in [5.74, 6) is -1.65. The third-order valence-electron chi connectivity index (χ3n) is 10.3. The highest BCUT2D eigenvalue weighted by molar-refractivity contribution is 8.01. The molecule has 2 aliphatic rings. The number of phosphoric acid groups is 4. The van der Waals surface area contributed by atoms with Crippen molar-refractivity contribution in [2.75, 3.05) is 59.2 Å². The second-order valence-corrected chi connectivity index (χ2v) is 28.0. The lowest BCUT2D eigenvalue weighted by atomic mass is 10.1. The van der Waals surface area contributed by atoms with Gasteiger partial charge in [-0.25, -0.2) is 65.0 Å². The number of nitrogens with two attached hydrogens (primary N) is 2. The smallest absolute Gasteiger partial charge is 0.387 e. The first kappa shape index (κ1) is 58.8. The van der Waals surface area contributed by atoms with E-state index in [1.807, 2.05) is 0 Å². The first-order chi connectivity index (χ1) is 33.4. The maximum absolute atomic E-state index is 13.0. The van der Waals surface area contributed by atoms with Crippen molar-refractivity contribution in [2.24, 2.45) is 0 Å². The summed E-state index contributed by atoms with van der Waals surface area (Å²) < 4.78 is 128. The Hall–Kier alpha value is -2.42. The van der Waals surface area contributed by atoms with Gasteiger partial charge in [-0.3, -0.25) is 18.2 Å². The molecule has 42 heteroatoms. The molecule has 2 fully saturated rings. The zero-order chi connectivity index (χ0) is 53.2. The highest BCUT2D eigenvalue weighted by Crippen LogP contribution is 2.59. The van der Waals surface area contributed by atoms with Crippen molar-refractivity contribution in [3.63, 3.8) is 0 Å².